The van der Waals surface area contributed by atoms with Crippen molar-refractivity contribution in [3.63, 3.8) is 0 Å². The number of rotatable bonds is 9. The summed E-state index contributed by atoms with van der Waals surface area (Å²) in [7, 11) is 0. The van der Waals surface area contributed by atoms with E-state index < -0.39 is 10.8 Å². The van der Waals surface area contributed by atoms with Crippen LogP contribution in [0.4, 0.5) is 5.69 Å². The zero-order valence-electron chi connectivity index (χ0n) is 14.7. The standard InChI is InChI=1S/C16H22N4O6/c1-3-26-14(22)8-6-4-5-7-13(21)18-19-16(23)15-11(2)9-12(10-17-15)20(24)25/h9-10H,3-8H2,1-2H3,(H,18,21)(H,19,23). The average molecular weight is 366 g/mol. The summed E-state index contributed by atoms with van der Waals surface area (Å²) in [4.78, 5) is 48.6. The average Bonchev–Trinajstić information content (AvgIpc) is 2.59. The first-order valence-corrected chi connectivity index (χ1v) is 8.21. The van der Waals surface area contributed by atoms with E-state index in [-0.39, 0.29) is 29.7 Å². The lowest BCUT2D eigenvalue weighted by Gasteiger charge is -2.08. The van der Waals surface area contributed by atoms with Gasteiger partial charge in [-0.3, -0.25) is 35.3 Å². The van der Waals surface area contributed by atoms with Crippen LogP contribution in [-0.4, -0.2) is 34.3 Å². The molecule has 0 saturated carbocycles. The number of nitrogens with zero attached hydrogens (tertiary/aromatic N) is 2. The van der Waals surface area contributed by atoms with Crippen molar-refractivity contribution in [1.29, 1.82) is 0 Å². The Morgan fingerprint density at radius 1 is 1.19 bits per heavy atom. The van der Waals surface area contributed by atoms with Gasteiger partial charge in [0.25, 0.3) is 11.6 Å². The molecule has 0 spiro atoms. The van der Waals surface area contributed by atoms with Gasteiger partial charge in [-0.25, -0.2) is 4.98 Å². The minimum absolute atomic E-state index is 0.00895. The number of carbonyl (C=O) groups is 3. The number of hydrogen-bond acceptors (Lipinski definition) is 7. The van der Waals surface area contributed by atoms with Crippen LogP contribution in [0.15, 0.2) is 12.3 Å². The summed E-state index contributed by atoms with van der Waals surface area (Å²) in [6.45, 7) is 3.61. The van der Waals surface area contributed by atoms with Crippen molar-refractivity contribution in [1.82, 2.24) is 15.8 Å². The second-order valence-corrected chi connectivity index (χ2v) is 5.48. The van der Waals surface area contributed by atoms with E-state index in [1.807, 2.05) is 0 Å². The van der Waals surface area contributed by atoms with E-state index in [1.165, 1.54) is 13.0 Å². The maximum atomic E-state index is 12.0. The van der Waals surface area contributed by atoms with E-state index in [0.29, 0.717) is 37.9 Å². The van der Waals surface area contributed by atoms with E-state index >= 15 is 0 Å². The van der Waals surface area contributed by atoms with Gasteiger partial charge in [0.1, 0.15) is 11.9 Å². The molecular formula is C16H22N4O6. The van der Waals surface area contributed by atoms with E-state index in [1.54, 1.807) is 6.92 Å². The van der Waals surface area contributed by atoms with Crippen LogP contribution in [-0.2, 0) is 14.3 Å². The predicted molar refractivity (Wildman–Crippen MR) is 91.0 cm³/mol. The fraction of sp³-hybridized carbons (Fsp3) is 0.500. The SMILES string of the molecule is CCOC(=O)CCCCCC(=O)NNC(=O)c1ncc([N+](=O)[O-])cc1C. The fourth-order valence-corrected chi connectivity index (χ4v) is 2.11. The lowest BCUT2D eigenvalue weighted by molar-refractivity contribution is -0.385. The molecule has 1 aromatic rings. The van der Waals surface area contributed by atoms with Crippen LogP contribution in [0.1, 0.15) is 55.1 Å². The molecule has 142 valence electrons. The maximum Gasteiger partial charge on any atom is 0.305 e. The van der Waals surface area contributed by atoms with Gasteiger partial charge in [-0.1, -0.05) is 6.42 Å². The number of carbonyl (C=O) groups excluding carboxylic acids is 3. The Hall–Kier alpha value is -3.04. The Morgan fingerprint density at radius 2 is 1.88 bits per heavy atom. The van der Waals surface area contributed by atoms with Crippen molar-refractivity contribution in [2.45, 2.75) is 46.0 Å². The van der Waals surface area contributed by atoms with Gasteiger partial charge in [0.2, 0.25) is 5.91 Å². The number of nitro groups is 1. The summed E-state index contributed by atoms with van der Waals surface area (Å²) in [5.41, 5.74) is 4.58. The summed E-state index contributed by atoms with van der Waals surface area (Å²) in [6.07, 6.45) is 3.36. The van der Waals surface area contributed by atoms with Crippen molar-refractivity contribution < 1.29 is 24.0 Å². The number of esters is 1. The van der Waals surface area contributed by atoms with Crippen molar-refractivity contribution >= 4 is 23.5 Å². The minimum Gasteiger partial charge on any atom is -0.466 e. The number of unbranched alkanes of at least 4 members (excludes halogenated alkanes) is 2. The molecule has 0 atom stereocenters. The van der Waals surface area contributed by atoms with Gasteiger partial charge in [-0.15, -0.1) is 0 Å². The fourth-order valence-electron chi connectivity index (χ4n) is 2.11. The first-order chi connectivity index (χ1) is 12.3. The van der Waals surface area contributed by atoms with Gasteiger partial charge in [-0.2, -0.15) is 0 Å². The molecule has 1 rings (SSSR count). The number of hydrazine groups is 1. The molecule has 0 aliphatic rings. The quantitative estimate of drug-likeness (QED) is 0.292. The van der Waals surface area contributed by atoms with Gasteiger partial charge >= 0.3 is 5.97 Å². The summed E-state index contributed by atoms with van der Waals surface area (Å²) < 4.78 is 4.80. The smallest absolute Gasteiger partial charge is 0.305 e. The highest BCUT2D eigenvalue weighted by molar-refractivity contribution is 5.95. The van der Waals surface area contributed by atoms with Crippen molar-refractivity contribution in [3.8, 4) is 0 Å². The van der Waals surface area contributed by atoms with Gasteiger partial charge in [0.05, 0.1) is 11.5 Å². The van der Waals surface area contributed by atoms with E-state index in [4.69, 9.17) is 4.74 Å². The van der Waals surface area contributed by atoms with E-state index in [9.17, 15) is 24.5 Å². The molecule has 0 unspecified atom stereocenters. The van der Waals surface area contributed by atoms with Crippen LogP contribution >= 0.6 is 0 Å². The largest absolute Gasteiger partial charge is 0.466 e. The van der Waals surface area contributed by atoms with Gasteiger partial charge in [0, 0.05) is 18.9 Å². The highest BCUT2D eigenvalue weighted by Gasteiger charge is 2.15. The Labute approximate surface area is 150 Å². The van der Waals surface area contributed by atoms with E-state index in [2.05, 4.69) is 15.8 Å². The molecule has 10 nitrogen and oxygen atoms in total. The lowest BCUT2D eigenvalue weighted by atomic mass is 10.1. The molecule has 0 aliphatic heterocycles. The summed E-state index contributed by atoms with van der Waals surface area (Å²) in [5, 5.41) is 10.6. The molecular weight excluding hydrogens is 344 g/mol. The van der Waals surface area contributed by atoms with Gasteiger partial charge < -0.3 is 4.74 Å². The number of aromatic nitrogens is 1. The number of amides is 2. The Balaban J connectivity index is 2.31. The summed E-state index contributed by atoms with van der Waals surface area (Å²) >= 11 is 0. The van der Waals surface area contributed by atoms with Crippen LogP contribution in [0.25, 0.3) is 0 Å². The van der Waals surface area contributed by atoms with Crippen LogP contribution in [0.2, 0.25) is 0 Å². The third-order valence-electron chi connectivity index (χ3n) is 3.40. The molecule has 26 heavy (non-hydrogen) atoms. The predicted octanol–water partition coefficient (Wildman–Crippen LogP) is 1.57. The monoisotopic (exact) mass is 366 g/mol. The summed E-state index contributed by atoms with van der Waals surface area (Å²) in [5.74, 6) is -1.29. The van der Waals surface area contributed by atoms with E-state index in [0.717, 1.165) is 6.20 Å². The first kappa shape index (κ1) is 21.0. The maximum absolute atomic E-state index is 12.0. The number of aryl methyl sites for hydroxylation is 1. The minimum atomic E-state index is -0.659. The zero-order chi connectivity index (χ0) is 19.5. The van der Waals surface area contributed by atoms with Crippen molar-refractivity contribution in [2.75, 3.05) is 6.61 Å². The first-order valence-electron chi connectivity index (χ1n) is 8.21. The van der Waals surface area contributed by atoms with Crippen molar-refractivity contribution in [3.05, 3.63) is 33.6 Å². The molecule has 0 aromatic carbocycles. The molecule has 2 N–H and O–H groups in total. The highest BCUT2D eigenvalue weighted by Crippen LogP contribution is 2.14. The summed E-state index contributed by atoms with van der Waals surface area (Å²) in [6, 6.07) is 1.23. The second kappa shape index (κ2) is 10.7. The topological polar surface area (TPSA) is 141 Å². The Bertz CT molecular complexity index is 677. The molecule has 0 bridgehead atoms. The highest BCUT2D eigenvalue weighted by atomic mass is 16.6. The Morgan fingerprint density at radius 3 is 2.50 bits per heavy atom. The van der Waals surface area contributed by atoms with Gasteiger partial charge in [-0.05, 0) is 32.3 Å². The molecule has 0 radical (unpaired) electrons. The Kier molecular flexibility index (Phi) is 8.68. The third kappa shape index (κ3) is 7.24. The van der Waals surface area contributed by atoms with Crippen molar-refractivity contribution in [2.24, 2.45) is 0 Å². The molecule has 0 aliphatic carbocycles. The molecule has 0 fully saturated rings. The van der Waals surface area contributed by atoms with Gasteiger partial charge in [0.15, 0.2) is 0 Å². The van der Waals surface area contributed by atoms with Crippen LogP contribution in [0.5, 0.6) is 0 Å². The molecule has 0 saturated heterocycles. The number of nitrogens with one attached hydrogen (secondary N) is 2. The number of ether oxygens (including phenoxy) is 1. The zero-order valence-corrected chi connectivity index (χ0v) is 14.7. The van der Waals surface area contributed by atoms with Crippen LogP contribution < -0.4 is 10.9 Å². The third-order valence-corrected chi connectivity index (χ3v) is 3.40. The lowest BCUT2D eigenvalue weighted by Crippen LogP contribution is -2.42. The molecule has 10 heteroatoms. The van der Waals surface area contributed by atoms with Crippen LogP contribution in [0, 0.1) is 17.0 Å². The molecule has 1 heterocycles. The number of hydrogen-bond donors (Lipinski definition) is 2. The molecule has 2 amide bonds. The molecule has 1 aromatic heterocycles. The van der Waals surface area contributed by atoms with Crippen LogP contribution in [0.3, 0.4) is 0 Å². The normalized spacial score (nSPS) is 10.1. The second-order valence-electron chi connectivity index (χ2n) is 5.48. The number of pyridine rings is 1.